The van der Waals surface area contributed by atoms with Crippen LogP contribution < -0.4 is 5.56 Å². The minimum absolute atomic E-state index is 0.0329. The van der Waals surface area contributed by atoms with Gasteiger partial charge in [-0.1, -0.05) is 22.6 Å². The number of carboxylic acid groups (broad SMARTS) is 1. The van der Waals surface area contributed by atoms with Crippen molar-refractivity contribution in [2.75, 3.05) is 10.2 Å². The zero-order valence-electron chi connectivity index (χ0n) is 8.51. The lowest BCUT2D eigenvalue weighted by Crippen LogP contribution is -2.29. The number of thioether (sulfide) groups is 1. The molecule has 1 atom stereocenters. The summed E-state index contributed by atoms with van der Waals surface area (Å²) in [6.45, 7) is 0. The number of aromatic carboxylic acids is 1. The van der Waals surface area contributed by atoms with Crippen molar-refractivity contribution < 1.29 is 9.90 Å². The number of halogens is 1. The average Bonchev–Trinajstić information content (AvgIpc) is 2.73. The predicted molar refractivity (Wildman–Crippen MR) is 71.0 cm³/mol. The Kier molecular flexibility index (Phi) is 3.44. The number of carboxylic acids is 1. The third-order valence-corrected chi connectivity index (χ3v) is 4.75. The molecule has 0 saturated carbocycles. The summed E-state index contributed by atoms with van der Waals surface area (Å²) in [5, 5.41) is 18.5. The van der Waals surface area contributed by atoms with Crippen LogP contribution >= 0.6 is 34.4 Å². The van der Waals surface area contributed by atoms with Crippen molar-refractivity contribution in [3.63, 3.8) is 0 Å². The average molecular weight is 362 g/mol. The Morgan fingerprint density at radius 3 is 3.00 bits per heavy atom. The van der Waals surface area contributed by atoms with E-state index in [0.717, 1.165) is 0 Å². The molecule has 1 aliphatic rings. The summed E-state index contributed by atoms with van der Waals surface area (Å²) in [5.74, 6) is -0.582. The molecule has 1 N–H and O–H groups in total. The van der Waals surface area contributed by atoms with Crippen molar-refractivity contribution in [1.82, 2.24) is 4.57 Å². The van der Waals surface area contributed by atoms with Crippen LogP contribution in [-0.4, -0.2) is 25.8 Å². The first kappa shape index (κ1) is 12.4. The second-order valence-corrected chi connectivity index (χ2v) is 5.38. The van der Waals surface area contributed by atoms with Crippen molar-refractivity contribution in [3.8, 4) is 6.07 Å². The highest BCUT2D eigenvalue weighted by atomic mass is 127. The Hall–Kier alpha value is -1.01. The summed E-state index contributed by atoms with van der Waals surface area (Å²) >= 11 is 3.58. The Balaban J connectivity index is 2.77. The smallest absolute Gasteiger partial charge is 0.341 e. The molecule has 5 nitrogen and oxygen atoms in total. The molecule has 1 unspecified atom stereocenters. The highest BCUT2D eigenvalue weighted by molar-refractivity contribution is 14.1. The summed E-state index contributed by atoms with van der Waals surface area (Å²) in [7, 11) is 0. The number of fused-ring (bicyclic) bond motifs is 1. The molecule has 0 spiro atoms. The summed E-state index contributed by atoms with van der Waals surface area (Å²) in [6.07, 6.45) is 0. The van der Waals surface area contributed by atoms with E-state index in [2.05, 4.69) is 22.6 Å². The molecular formula is C10H7IN2O3S. The molecule has 0 fully saturated rings. The number of nitrogens with zero attached hydrogens (tertiary/aromatic N) is 2. The Morgan fingerprint density at radius 2 is 2.47 bits per heavy atom. The Bertz CT molecular complexity index is 590. The molecule has 0 aromatic carbocycles. The van der Waals surface area contributed by atoms with E-state index in [-0.39, 0.29) is 17.2 Å². The van der Waals surface area contributed by atoms with Crippen LogP contribution in [0.4, 0.5) is 0 Å². The third kappa shape index (κ3) is 1.95. The van der Waals surface area contributed by atoms with E-state index in [4.69, 9.17) is 10.4 Å². The number of alkyl halides is 1. The van der Waals surface area contributed by atoms with E-state index >= 15 is 0 Å². The second-order valence-electron chi connectivity index (χ2n) is 3.49. The van der Waals surface area contributed by atoms with E-state index in [9.17, 15) is 9.59 Å². The zero-order valence-corrected chi connectivity index (χ0v) is 11.5. The molecule has 7 heteroatoms. The SMILES string of the molecule is N#Cc1cc(C(=O)O)c(=O)n2c1SCC2CI. The molecule has 0 saturated heterocycles. The van der Waals surface area contributed by atoms with Crippen molar-refractivity contribution in [3.05, 3.63) is 27.5 Å². The quantitative estimate of drug-likeness (QED) is 0.637. The summed E-state index contributed by atoms with van der Waals surface area (Å²) in [4.78, 5) is 22.9. The van der Waals surface area contributed by atoms with Crippen molar-refractivity contribution in [2.45, 2.75) is 11.1 Å². The zero-order chi connectivity index (χ0) is 12.6. The van der Waals surface area contributed by atoms with Crippen LogP contribution in [0.5, 0.6) is 0 Å². The van der Waals surface area contributed by atoms with Crippen LogP contribution in [-0.2, 0) is 0 Å². The number of carbonyl (C=O) groups is 1. The van der Waals surface area contributed by atoms with Gasteiger partial charge in [0.2, 0.25) is 0 Å². The topological polar surface area (TPSA) is 83.1 Å². The van der Waals surface area contributed by atoms with Gasteiger partial charge in [0.25, 0.3) is 5.56 Å². The fourth-order valence-electron chi connectivity index (χ4n) is 1.70. The van der Waals surface area contributed by atoms with Crippen LogP contribution in [0.3, 0.4) is 0 Å². The molecule has 2 rings (SSSR count). The highest BCUT2D eigenvalue weighted by Crippen LogP contribution is 2.35. The summed E-state index contributed by atoms with van der Waals surface area (Å²) < 4.78 is 2.16. The van der Waals surface area contributed by atoms with Gasteiger partial charge in [-0.3, -0.25) is 9.36 Å². The van der Waals surface area contributed by atoms with Gasteiger partial charge in [0, 0.05) is 10.2 Å². The number of rotatable bonds is 2. The number of hydrogen-bond donors (Lipinski definition) is 1. The van der Waals surface area contributed by atoms with Crippen LogP contribution in [0.15, 0.2) is 15.9 Å². The van der Waals surface area contributed by atoms with Crippen molar-refractivity contribution in [2.24, 2.45) is 0 Å². The van der Waals surface area contributed by atoms with E-state index in [0.29, 0.717) is 15.2 Å². The molecule has 1 aliphatic heterocycles. The lowest BCUT2D eigenvalue weighted by molar-refractivity contribution is 0.0694. The first-order valence-corrected chi connectivity index (χ1v) is 7.23. The number of aromatic nitrogens is 1. The van der Waals surface area contributed by atoms with E-state index < -0.39 is 11.5 Å². The Labute approximate surface area is 115 Å². The fourth-order valence-corrected chi connectivity index (χ4v) is 4.07. The third-order valence-electron chi connectivity index (χ3n) is 2.49. The monoisotopic (exact) mass is 362 g/mol. The van der Waals surface area contributed by atoms with E-state index in [1.165, 1.54) is 22.4 Å². The van der Waals surface area contributed by atoms with E-state index in [1.54, 1.807) is 0 Å². The van der Waals surface area contributed by atoms with Gasteiger partial charge in [0.15, 0.2) is 0 Å². The van der Waals surface area contributed by atoms with Crippen LogP contribution in [0.1, 0.15) is 22.0 Å². The van der Waals surface area contributed by atoms with Gasteiger partial charge in [-0.15, -0.1) is 11.8 Å². The van der Waals surface area contributed by atoms with E-state index in [1.807, 2.05) is 6.07 Å². The van der Waals surface area contributed by atoms with Gasteiger partial charge in [0.1, 0.15) is 11.6 Å². The standard InChI is InChI=1S/C10H7IN2O3S/c11-2-6-4-17-9-5(3-12)1-7(10(15)16)8(14)13(6)9/h1,6H,2,4H2,(H,15,16). The lowest BCUT2D eigenvalue weighted by Gasteiger charge is -2.11. The predicted octanol–water partition coefficient (Wildman–Crippen LogP) is 1.50. The number of pyridine rings is 1. The first-order valence-electron chi connectivity index (χ1n) is 4.71. The van der Waals surface area contributed by atoms with Crippen LogP contribution in [0.2, 0.25) is 0 Å². The maximum Gasteiger partial charge on any atom is 0.341 e. The lowest BCUT2D eigenvalue weighted by atomic mass is 10.2. The molecule has 2 heterocycles. The second kappa shape index (κ2) is 4.70. The Morgan fingerprint density at radius 1 is 1.76 bits per heavy atom. The van der Waals surface area contributed by atoms with Gasteiger partial charge in [0.05, 0.1) is 16.6 Å². The minimum atomic E-state index is -1.29. The molecule has 0 amide bonds. The maximum absolute atomic E-state index is 12.0. The molecule has 17 heavy (non-hydrogen) atoms. The molecule has 0 bridgehead atoms. The fraction of sp³-hybridized carbons (Fsp3) is 0.300. The van der Waals surface area contributed by atoms with Crippen molar-refractivity contribution >= 4 is 40.3 Å². The molecule has 0 radical (unpaired) electrons. The van der Waals surface area contributed by atoms with Gasteiger partial charge in [-0.05, 0) is 6.07 Å². The highest BCUT2D eigenvalue weighted by Gasteiger charge is 2.28. The molecule has 0 aliphatic carbocycles. The van der Waals surface area contributed by atoms with Gasteiger partial charge in [-0.2, -0.15) is 5.26 Å². The maximum atomic E-state index is 12.0. The first-order chi connectivity index (χ1) is 8.10. The molecule has 88 valence electrons. The largest absolute Gasteiger partial charge is 0.477 e. The molecular weight excluding hydrogens is 355 g/mol. The molecule has 1 aromatic heterocycles. The number of hydrogen-bond acceptors (Lipinski definition) is 4. The molecule has 1 aromatic rings. The minimum Gasteiger partial charge on any atom is -0.477 e. The van der Waals surface area contributed by atoms with Gasteiger partial charge in [-0.25, -0.2) is 4.79 Å². The number of nitriles is 1. The van der Waals surface area contributed by atoms with Gasteiger partial charge >= 0.3 is 5.97 Å². The van der Waals surface area contributed by atoms with Crippen LogP contribution in [0, 0.1) is 11.3 Å². The summed E-state index contributed by atoms with van der Waals surface area (Å²) in [6, 6.07) is 3.08. The normalized spacial score (nSPS) is 17.5. The van der Waals surface area contributed by atoms with Crippen LogP contribution in [0.25, 0.3) is 0 Å². The van der Waals surface area contributed by atoms with Crippen molar-refractivity contribution in [1.29, 1.82) is 5.26 Å². The van der Waals surface area contributed by atoms with Gasteiger partial charge < -0.3 is 5.11 Å². The summed E-state index contributed by atoms with van der Waals surface area (Å²) in [5.41, 5.74) is -0.583.